The molecule has 0 fully saturated rings. The lowest BCUT2D eigenvalue weighted by atomic mass is 9.87. The molecule has 2 aromatic rings. The lowest BCUT2D eigenvalue weighted by molar-refractivity contribution is -0.116. The van der Waals surface area contributed by atoms with E-state index < -0.39 is 0 Å². The Labute approximate surface area is 154 Å². The zero-order chi connectivity index (χ0) is 19.1. The van der Waals surface area contributed by atoms with Crippen molar-refractivity contribution in [1.29, 1.82) is 0 Å². The van der Waals surface area contributed by atoms with E-state index >= 15 is 0 Å². The maximum atomic E-state index is 12.3. The molecule has 0 spiro atoms. The molecule has 2 heterocycles. The van der Waals surface area contributed by atoms with Gasteiger partial charge in [-0.15, -0.1) is 0 Å². The second kappa shape index (κ2) is 6.67. The van der Waals surface area contributed by atoms with Crippen molar-refractivity contribution in [1.82, 2.24) is 9.78 Å². The second-order valence-corrected chi connectivity index (χ2v) is 7.91. The predicted octanol–water partition coefficient (Wildman–Crippen LogP) is 3.91. The molecule has 1 N–H and O–H groups in total. The molecule has 0 aliphatic carbocycles. The Morgan fingerprint density at radius 3 is 2.62 bits per heavy atom. The molecule has 1 amide bonds. The molecule has 0 saturated heterocycles. The molecule has 26 heavy (non-hydrogen) atoms. The number of methoxy groups -OCH3 is 1. The van der Waals surface area contributed by atoms with Gasteiger partial charge in [0.25, 0.3) is 0 Å². The van der Waals surface area contributed by atoms with E-state index in [1.165, 1.54) is 0 Å². The van der Waals surface area contributed by atoms with Gasteiger partial charge in [0.05, 0.1) is 24.9 Å². The van der Waals surface area contributed by atoms with E-state index in [1.54, 1.807) is 7.11 Å². The lowest BCUT2D eigenvalue weighted by Crippen LogP contribution is -2.30. The quantitative estimate of drug-likeness (QED) is 0.901. The van der Waals surface area contributed by atoms with Crippen molar-refractivity contribution in [3.05, 3.63) is 35.5 Å². The van der Waals surface area contributed by atoms with Crippen molar-refractivity contribution in [2.45, 2.75) is 58.6 Å². The van der Waals surface area contributed by atoms with Gasteiger partial charge in [-0.3, -0.25) is 4.79 Å². The highest BCUT2D eigenvalue weighted by Crippen LogP contribution is 2.41. The van der Waals surface area contributed by atoms with Crippen LogP contribution in [-0.4, -0.2) is 28.9 Å². The van der Waals surface area contributed by atoms with E-state index in [1.807, 2.05) is 42.9 Å². The number of nitrogens with one attached hydrogen (secondary N) is 1. The SMILES string of the molecule is COc1cc(C2CC(=O)Nc3c2cnn3C(C)(C)C)ccc1OC(C)C. The summed E-state index contributed by atoms with van der Waals surface area (Å²) in [6.45, 7) is 10.2. The van der Waals surface area contributed by atoms with Gasteiger partial charge in [0.15, 0.2) is 11.5 Å². The number of aromatic nitrogens is 2. The fourth-order valence-electron chi connectivity index (χ4n) is 3.28. The summed E-state index contributed by atoms with van der Waals surface area (Å²) in [4.78, 5) is 12.3. The minimum Gasteiger partial charge on any atom is -0.493 e. The smallest absolute Gasteiger partial charge is 0.226 e. The number of amides is 1. The van der Waals surface area contributed by atoms with Gasteiger partial charge in [-0.2, -0.15) is 5.10 Å². The van der Waals surface area contributed by atoms with E-state index in [0.29, 0.717) is 17.9 Å². The highest BCUT2D eigenvalue weighted by atomic mass is 16.5. The number of fused-ring (bicyclic) bond motifs is 1. The zero-order valence-corrected chi connectivity index (χ0v) is 16.3. The van der Waals surface area contributed by atoms with Crippen LogP contribution in [0.1, 0.15) is 58.1 Å². The van der Waals surface area contributed by atoms with Gasteiger partial charge in [0.1, 0.15) is 5.82 Å². The third-order valence-electron chi connectivity index (χ3n) is 4.41. The minimum absolute atomic E-state index is 0.00465. The highest BCUT2D eigenvalue weighted by molar-refractivity contribution is 5.94. The van der Waals surface area contributed by atoms with Crippen molar-refractivity contribution >= 4 is 11.7 Å². The van der Waals surface area contributed by atoms with E-state index in [-0.39, 0.29) is 23.5 Å². The van der Waals surface area contributed by atoms with E-state index in [9.17, 15) is 4.79 Å². The topological polar surface area (TPSA) is 65.4 Å². The fourth-order valence-corrected chi connectivity index (χ4v) is 3.28. The summed E-state index contributed by atoms with van der Waals surface area (Å²) >= 11 is 0. The number of hydrogen-bond donors (Lipinski definition) is 1. The van der Waals surface area contributed by atoms with Crippen LogP contribution in [0.25, 0.3) is 0 Å². The number of nitrogens with zero attached hydrogens (tertiary/aromatic N) is 2. The zero-order valence-electron chi connectivity index (χ0n) is 16.3. The monoisotopic (exact) mass is 357 g/mol. The molecule has 140 valence electrons. The van der Waals surface area contributed by atoms with Crippen LogP contribution in [0, 0.1) is 0 Å². The Morgan fingerprint density at radius 2 is 2.00 bits per heavy atom. The van der Waals surface area contributed by atoms with Crippen LogP contribution < -0.4 is 14.8 Å². The molecule has 1 atom stereocenters. The molecule has 1 unspecified atom stereocenters. The van der Waals surface area contributed by atoms with Crippen molar-refractivity contribution in [3.8, 4) is 11.5 Å². The number of rotatable bonds is 4. The summed E-state index contributed by atoms with van der Waals surface area (Å²) in [5.74, 6) is 2.09. The molecule has 1 aromatic carbocycles. The van der Waals surface area contributed by atoms with Crippen LogP contribution >= 0.6 is 0 Å². The minimum atomic E-state index is -0.213. The molecule has 0 saturated carbocycles. The van der Waals surface area contributed by atoms with Crippen molar-refractivity contribution < 1.29 is 14.3 Å². The average molecular weight is 357 g/mol. The van der Waals surface area contributed by atoms with E-state index in [4.69, 9.17) is 9.47 Å². The highest BCUT2D eigenvalue weighted by Gasteiger charge is 2.33. The molecule has 1 aliphatic heterocycles. The molecular formula is C20H27N3O3. The average Bonchev–Trinajstić information content (AvgIpc) is 2.97. The molecule has 1 aromatic heterocycles. The summed E-state index contributed by atoms with van der Waals surface area (Å²) in [6.07, 6.45) is 2.30. The third-order valence-corrected chi connectivity index (χ3v) is 4.41. The number of anilines is 1. The Hall–Kier alpha value is -2.50. The molecule has 1 aliphatic rings. The van der Waals surface area contributed by atoms with Crippen LogP contribution in [0.3, 0.4) is 0 Å². The van der Waals surface area contributed by atoms with Crippen LogP contribution in [0.4, 0.5) is 5.82 Å². The van der Waals surface area contributed by atoms with Crippen molar-refractivity contribution in [2.24, 2.45) is 0 Å². The lowest BCUT2D eigenvalue weighted by Gasteiger charge is -2.28. The van der Waals surface area contributed by atoms with Gasteiger partial charge < -0.3 is 14.8 Å². The predicted molar refractivity (Wildman–Crippen MR) is 101 cm³/mol. The Kier molecular flexibility index (Phi) is 4.69. The number of benzene rings is 1. The van der Waals surface area contributed by atoms with Crippen molar-refractivity contribution in [2.75, 3.05) is 12.4 Å². The number of ether oxygens (including phenoxy) is 2. The Morgan fingerprint density at radius 1 is 1.27 bits per heavy atom. The maximum Gasteiger partial charge on any atom is 0.226 e. The van der Waals surface area contributed by atoms with Crippen LogP contribution in [0.15, 0.2) is 24.4 Å². The van der Waals surface area contributed by atoms with E-state index in [0.717, 1.165) is 16.9 Å². The van der Waals surface area contributed by atoms with Crippen molar-refractivity contribution in [3.63, 3.8) is 0 Å². The standard InChI is InChI=1S/C20H27N3O3/c1-12(2)26-16-8-7-13(9-17(16)25-6)14-10-18(24)22-19-15(14)11-21-23(19)20(3,4)5/h7-9,11-12,14H,10H2,1-6H3,(H,22,24). The van der Waals surface area contributed by atoms with Crippen LogP contribution in [-0.2, 0) is 10.3 Å². The number of carbonyl (C=O) groups excluding carboxylic acids is 1. The molecule has 6 nitrogen and oxygen atoms in total. The first-order valence-corrected chi connectivity index (χ1v) is 8.93. The van der Waals surface area contributed by atoms with Gasteiger partial charge in [0.2, 0.25) is 5.91 Å². The second-order valence-electron chi connectivity index (χ2n) is 7.91. The molecule has 0 radical (unpaired) electrons. The third kappa shape index (κ3) is 3.41. The summed E-state index contributed by atoms with van der Waals surface area (Å²) in [6, 6.07) is 5.87. The summed E-state index contributed by atoms with van der Waals surface area (Å²) in [5, 5.41) is 7.51. The molecular weight excluding hydrogens is 330 g/mol. The van der Waals surface area contributed by atoms with E-state index in [2.05, 4.69) is 31.2 Å². The summed E-state index contributed by atoms with van der Waals surface area (Å²) in [7, 11) is 1.63. The maximum absolute atomic E-state index is 12.3. The molecule has 3 rings (SSSR count). The van der Waals surface area contributed by atoms with Gasteiger partial charge in [-0.05, 0) is 52.3 Å². The van der Waals surface area contributed by atoms with Gasteiger partial charge >= 0.3 is 0 Å². The first-order valence-electron chi connectivity index (χ1n) is 8.93. The van der Waals surface area contributed by atoms with Crippen LogP contribution in [0.2, 0.25) is 0 Å². The van der Waals surface area contributed by atoms with Gasteiger partial charge in [0, 0.05) is 17.9 Å². The normalized spacial score (nSPS) is 17.0. The van der Waals surface area contributed by atoms with Gasteiger partial charge in [-0.1, -0.05) is 6.07 Å². The summed E-state index contributed by atoms with van der Waals surface area (Å²) < 4.78 is 13.2. The number of carbonyl (C=O) groups is 1. The first-order chi connectivity index (χ1) is 12.2. The van der Waals surface area contributed by atoms with Crippen LogP contribution in [0.5, 0.6) is 11.5 Å². The molecule has 6 heteroatoms. The largest absolute Gasteiger partial charge is 0.493 e. The van der Waals surface area contributed by atoms with Gasteiger partial charge in [-0.25, -0.2) is 4.68 Å². The molecule has 0 bridgehead atoms. The first kappa shape index (κ1) is 18.3. The fraction of sp³-hybridized carbons (Fsp3) is 0.500. The number of hydrogen-bond acceptors (Lipinski definition) is 4. The Balaban J connectivity index is 2.03. The summed E-state index contributed by atoms with van der Waals surface area (Å²) in [5.41, 5.74) is 1.83. The Bertz CT molecular complexity index is 818.